The molecule has 1 fully saturated rings. The molecule has 0 bridgehead atoms. The van der Waals surface area contributed by atoms with E-state index in [4.69, 9.17) is 9.47 Å². The zero-order valence-electron chi connectivity index (χ0n) is 18.0. The number of hydrogen-bond acceptors (Lipinski definition) is 6. The van der Waals surface area contributed by atoms with Crippen molar-refractivity contribution < 1.29 is 24.2 Å². The molecular weight excluding hydrogens is 410 g/mol. The molecule has 2 heterocycles. The van der Waals surface area contributed by atoms with Crippen LogP contribution in [0.4, 0.5) is 10.5 Å². The van der Waals surface area contributed by atoms with E-state index in [1.54, 1.807) is 30.3 Å². The number of phenolic OH excluding ortho intramolecular Hbond substituents is 1. The number of hydrogen-bond donors (Lipinski definition) is 3. The SMILES string of the molecule is O=C(CN1CCC(CCc2ccc(O)cc2)CC1)NC(=O)Nc1ccc2c(c1)OCCO2. The average molecular weight is 440 g/mol. The van der Waals surface area contributed by atoms with Crippen molar-refractivity contribution in [1.82, 2.24) is 10.2 Å². The molecule has 1 saturated heterocycles. The fraction of sp³-hybridized carbons (Fsp3) is 0.417. The predicted molar refractivity (Wildman–Crippen MR) is 120 cm³/mol. The van der Waals surface area contributed by atoms with Crippen LogP contribution in [0.25, 0.3) is 0 Å². The molecule has 3 amide bonds. The third-order valence-corrected chi connectivity index (χ3v) is 5.90. The van der Waals surface area contributed by atoms with Crippen LogP contribution in [-0.4, -0.2) is 54.8 Å². The molecule has 2 aromatic rings. The van der Waals surface area contributed by atoms with E-state index in [2.05, 4.69) is 15.5 Å². The summed E-state index contributed by atoms with van der Waals surface area (Å²) in [4.78, 5) is 26.5. The largest absolute Gasteiger partial charge is 0.508 e. The number of imide groups is 1. The van der Waals surface area contributed by atoms with Gasteiger partial charge in [-0.1, -0.05) is 12.1 Å². The molecule has 0 aliphatic carbocycles. The minimum atomic E-state index is -0.560. The third kappa shape index (κ3) is 6.13. The number of carbonyl (C=O) groups excluding carboxylic acids is 2. The van der Waals surface area contributed by atoms with Gasteiger partial charge in [0, 0.05) is 11.8 Å². The maximum absolute atomic E-state index is 12.3. The van der Waals surface area contributed by atoms with Crippen molar-refractivity contribution in [3.05, 3.63) is 48.0 Å². The number of carbonyl (C=O) groups is 2. The Morgan fingerprint density at radius 2 is 1.72 bits per heavy atom. The monoisotopic (exact) mass is 439 g/mol. The van der Waals surface area contributed by atoms with E-state index in [0.29, 0.717) is 42.1 Å². The zero-order chi connectivity index (χ0) is 22.3. The van der Waals surface area contributed by atoms with Gasteiger partial charge in [-0.3, -0.25) is 15.0 Å². The van der Waals surface area contributed by atoms with E-state index < -0.39 is 6.03 Å². The number of rotatable bonds is 6. The maximum Gasteiger partial charge on any atom is 0.325 e. The highest BCUT2D eigenvalue weighted by Gasteiger charge is 2.21. The lowest BCUT2D eigenvalue weighted by Gasteiger charge is -2.31. The summed E-state index contributed by atoms with van der Waals surface area (Å²) in [6.45, 7) is 2.87. The molecule has 170 valence electrons. The lowest BCUT2D eigenvalue weighted by molar-refractivity contribution is -0.121. The Hall–Kier alpha value is -3.26. The number of aromatic hydroxyl groups is 1. The highest BCUT2D eigenvalue weighted by atomic mass is 16.6. The Morgan fingerprint density at radius 1 is 1.00 bits per heavy atom. The van der Waals surface area contributed by atoms with Gasteiger partial charge in [0.25, 0.3) is 0 Å². The van der Waals surface area contributed by atoms with E-state index in [-0.39, 0.29) is 12.5 Å². The minimum absolute atomic E-state index is 0.208. The number of nitrogens with one attached hydrogen (secondary N) is 2. The number of urea groups is 1. The van der Waals surface area contributed by atoms with E-state index in [9.17, 15) is 14.7 Å². The Kier molecular flexibility index (Phi) is 7.11. The van der Waals surface area contributed by atoms with Gasteiger partial charge in [-0.25, -0.2) is 4.79 Å². The topological polar surface area (TPSA) is 100 Å². The summed E-state index contributed by atoms with van der Waals surface area (Å²) in [6.07, 6.45) is 4.16. The van der Waals surface area contributed by atoms with Gasteiger partial charge in [0.2, 0.25) is 5.91 Å². The van der Waals surface area contributed by atoms with Gasteiger partial charge >= 0.3 is 6.03 Å². The number of phenols is 1. The number of nitrogens with zero attached hydrogens (tertiary/aromatic N) is 1. The summed E-state index contributed by atoms with van der Waals surface area (Å²) in [7, 11) is 0. The fourth-order valence-corrected chi connectivity index (χ4v) is 4.12. The molecule has 0 aromatic heterocycles. The van der Waals surface area contributed by atoms with E-state index in [1.165, 1.54) is 5.56 Å². The molecule has 0 atom stereocenters. The number of fused-ring (bicyclic) bond motifs is 1. The second-order valence-corrected chi connectivity index (χ2v) is 8.29. The van der Waals surface area contributed by atoms with Gasteiger partial charge in [0.1, 0.15) is 19.0 Å². The van der Waals surface area contributed by atoms with Crippen molar-refractivity contribution in [2.24, 2.45) is 5.92 Å². The Morgan fingerprint density at radius 3 is 2.47 bits per heavy atom. The molecule has 2 aromatic carbocycles. The molecule has 3 N–H and O–H groups in total. The molecule has 0 saturated carbocycles. The smallest absolute Gasteiger partial charge is 0.325 e. The molecule has 2 aliphatic rings. The maximum atomic E-state index is 12.3. The first-order chi connectivity index (χ1) is 15.5. The van der Waals surface area contributed by atoms with Crippen LogP contribution in [0.2, 0.25) is 0 Å². The van der Waals surface area contributed by atoms with Crippen molar-refractivity contribution in [2.75, 3.05) is 38.2 Å². The second-order valence-electron chi connectivity index (χ2n) is 8.29. The number of benzene rings is 2. The van der Waals surface area contributed by atoms with Gasteiger partial charge in [-0.2, -0.15) is 0 Å². The van der Waals surface area contributed by atoms with Crippen molar-refractivity contribution >= 4 is 17.6 Å². The second kappa shape index (κ2) is 10.4. The summed E-state index contributed by atoms with van der Waals surface area (Å²) >= 11 is 0. The Labute approximate surface area is 187 Å². The van der Waals surface area contributed by atoms with E-state index in [1.807, 2.05) is 12.1 Å². The molecule has 8 heteroatoms. The minimum Gasteiger partial charge on any atom is -0.508 e. The first-order valence-electron chi connectivity index (χ1n) is 11.1. The van der Waals surface area contributed by atoms with Crippen LogP contribution in [0.5, 0.6) is 17.2 Å². The number of piperidine rings is 1. The van der Waals surface area contributed by atoms with Crippen molar-refractivity contribution in [1.29, 1.82) is 0 Å². The first kappa shape index (κ1) is 22.0. The van der Waals surface area contributed by atoms with Crippen LogP contribution in [0.15, 0.2) is 42.5 Å². The van der Waals surface area contributed by atoms with Crippen molar-refractivity contribution in [2.45, 2.75) is 25.7 Å². The molecule has 0 spiro atoms. The van der Waals surface area contributed by atoms with Crippen LogP contribution >= 0.6 is 0 Å². The number of amides is 3. The first-order valence-corrected chi connectivity index (χ1v) is 11.1. The van der Waals surface area contributed by atoms with Gasteiger partial charge in [-0.15, -0.1) is 0 Å². The van der Waals surface area contributed by atoms with Gasteiger partial charge in [-0.05, 0) is 74.5 Å². The van der Waals surface area contributed by atoms with Gasteiger partial charge in [0.05, 0.1) is 6.54 Å². The molecule has 2 aliphatic heterocycles. The molecule has 0 unspecified atom stereocenters. The van der Waals surface area contributed by atoms with Crippen molar-refractivity contribution in [3.63, 3.8) is 0 Å². The Balaban J connectivity index is 1.15. The van der Waals surface area contributed by atoms with Crippen LogP contribution < -0.4 is 20.1 Å². The normalized spacial score (nSPS) is 16.4. The molecule has 32 heavy (non-hydrogen) atoms. The standard InChI is InChI=1S/C24H29N3O5/c28-20-6-3-17(4-7-20)1-2-18-9-11-27(12-10-18)16-23(29)26-24(30)25-19-5-8-21-22(15-19)32-14-13-31-21/h3-8,15,18,28H,1-2,9-14,16H2,(H2,25,26,29,30). The highest BCUT2D eigenvalue weighted by molar-refractivity contribution is 6.01. The Bertz CT molecular complexity index is 939. The average Bonchev–Trinajstić information content (AvgIpc) is 2.79. The summed E-state index contributed by atoms with van der Waals surface area (Å²) < 4.78 is 11.0. The summed E-state index contributed by atoms with van der Waals surface area (Å²) in [5.74, 6) is 1.82. The van der Waals surface area contributed by atoms with Crippen LogP contribution in [0, 0.1) is 5.92 Å². The van der Waals surface area contributed by atoms with E-state index >= 15 is 0 Å². The summed E-state index contributed by atoms with van der Waals surface area (Å²) in [5, 5.41) is 14.4. The molecule has 0 radical (unpaired) electrons. The van der Waals surface area contributed by atoms with Crippen molar-refractivity contribution in [3.8, 4) is 17.2 Å². The van der Waals surface area contributed by atoms with Crippen LogP contribution in [0.3, 0.4) is 0 Å². The number of likely N-dealkylation sites (tertiary alicyclic amines) is 1. The fourth-order valence-electron chi connectivity index (χ4n) is 4.12. The van der Waals surface area contributed by atoms with Crippen LogP contribution in [0.1, 0.15) is 24.8 Å². The number of aryl methyl sites for hydroxylation is 1. The third-order valence-electron chi connectivity index (χ3n) is 5.90. The lowest BCUT2D eigenvalue weighted by atomic mass is 9.90. The van der Waals surface area contributed by atoms with Gasteiger partial charge in [0.15, 0.2) is 11.5 Å². The highest BCUT2D eigenvalue weighted by Crippen LogP contribution is 2.32. The molecule has 4 rings (SSSR count). The number of anilines is 1. The summed E-state index contributed by atoms with van der Waals surface area (Å²) in [6, 6.07) is 11.9. The van der Waals surface area contributed by atoms with Gasteiger partial charge < -0.3 is 19.9 Å². The number of ether oxygens (including phenoxy) is 2. The predicted octanol–water partition coefficient (Wildman–Crippen LogP) is 3.16. The van der Waals surface area contributed by atoms with Crippen LogP contribution in [-0.2, 0) is 11.2 Å². The van der Waals surface area contributed by atoms with E-state index in [0.717, 1.165) is 38.8 Å². The zero-order valence-corrected chi connectivity index (χ0v) is 18.0. The summed E-state index contributed by atoms with van der Waals surface area (Å²) in [5.41, 5.74) is 1.77. The molecular formula is C24H29N3O5. The molecule has 8 nitrogen and oxygen atoms in total. The quantitative estimate of drug-likeness (QED) is 0.639. The lowest BCUT2D eigenvalue weighted by Crippen LogP contribution is -2.44.